The Morgan fingerprint density at radius 3 is 2.24 bits per heavy atom. The van der Waals surface area contributed by atoms with E-state index in [4.69, 9.17) is 32.2 Å². The maximum Gasteiger partial charge on any atom is 0.490 e. The molecule has 0 aliphatic heterocycles. The molecule has 0 atom stereocenters. The molecular weight excluding hydrogens is 671 g/mol. The molecule has 4 rings (SSSR count). The molecule has 0 spiro atoms. The summed E-state index contributed by atoms with van der Waals surface area (Å²) in [5.41, 5.74) is 7.36. The zero-order valence-electron chi connectivity index (χ0n) is 25.6. The zero-order chi connectivity index (χ0) is 34.4. The second kappa shape index (κ2) is 15.2. The summed E-state index contributed by atoms with van der Waals surface area (Å²) in [4.78, 5) is 40.7. The number of carbonyl (C=O) groups is 1. The van der Waals surface area contributed by atoms with Gasteiger partial charge < -0.3 is 15.4 Å². The van der Waals surface area contributed by atoms with Gasteiger partial charge in [0.15, 0.2) is 26.2 Å². The maximum atomic E-state index is 13.8. The number of nitrogens with zero attached hydrogens (tertiary/aromatic N) is 4. The molecule has 3 N–H and O–H groups in total. The summed E-state index contributed by atoms with van der Waals surface area (Å²) in [6.07, 6.45) is 2.22. The summed E-state index contributed by atoms with van der Waals surface area (Å²) in [5, 5.41) is 8.29. The van der Waals surface area contributed by atoms with Crippen molar-refractivity contribution < 1.29 is 31.5 Å². The van der Waals surface area contributed by atoms with Crippen LogP contribution >= 0.6 is 23.4 Å². The average Bonchev–Trinajstić information content (AvgIpc) is 3.34. The number of aromatic nitrogens is 4. The highest BCUT2D eigenvalue weighted by atomic mass is 35.5. The number of fused-ring (bicyclic) bond motifs is 1. The number of carboxylic acids is 1. The first-order chi connectivity index (χ1) is 21.4. The number of alkyl halides is 3. The average molecular weight is 708 g/mol. The van der Waals surface area contributed by atoms with Gasteiger partial charge in [-0.25, -0.2) is 23.0 Å². The molecule has 3 aromatic rings. The Labute approximate surface area is 273 Å². The fourth-order valence-corrected chi connectivity index (χ4v) is 7.75. The number of sulfone groups is 1. The van der Waals surface area contributed by atoms with E-state index in [0.29, 0.717) is 28.8 Å². The van der Waals surface area contributed by atoms with E-state index in [1.54, 1.807) is 43.1 Å². The lowest BCUT2D eigenvalue weighted by molar-refractivity contribution is -0.192. The minimum Gasteiger partial charge on any atom is -0.475 e. The second-order valence-corrected chi connectivity index (χ2v) is 15.4. The van der Waals surface area contributed by atoms with Crippen LogP contribution in [-0.2, 0) is 40.5 Å². The van der Waals surface area contributed by atoms with Crippen molar-refractivity contribution in [3.8, 4) is 0 Å². The molecule has 46 heavy (non-hydrogen) atoms. The van der Waals surface area contributed by atoms with Gasteiger partial charge in [-0.2, -0.15) is 13.2 Å². The van der Waals surface area contributed by atoms with Crippen molar-refractivity contribution in [1.82, 2.24) is 18.7 Å². The first-order valence-electron chi connectivity index (χ1n) is 14.4. The first-order valence-corrected chi connectivity index (χ1v) is 17.4. The van der Waals surface area contributed by atoms with E-state index in [9.17, 15) is 31.2 Å². The third-order valence-corrected chi connectivity index (χ3v) is 10.8. The minimum absolute atomic E-state index is 0.171. The molecule has 254 valence electrons. The van der Waals surface area contributed by atoms with Gasteiger partial charge in [0, 0.05) is 36.5 Å². The largest absolute Gasteiger partial charge is 0.490 e. The highest BCUT2D eigenvalue weighted by Gasteiger charge is 2.38. The van der Waals surface area contributed by atoms with Gasteiger partial charge in [0.1, 0.15) is 0 Å². The number of hydrogen-bond donors (Lipinski definition) is 2. The number of halogens is 4. The molecule has 1 fully saturated rings. The normalized spacial score (nSPS) is 14.9. The van der Waals surface area contributed by atoms with Gasteiger partial charge in [0.05, 0.1) is 11.5 Å². The Kier molecular flexibility index (Phi) is 12.4. The van der Waals surface area contributed by atoms with Gasteiger partial charge >= 0.3 is 17.8 Å². The predicted molar refractivity (Wildman–Crippen MR) is 172 cm³/mol. The molecule has 0 unspecified atom stereocenters. The number of allylic oxidation sites excluding steroid dienone is 2. The van der Waals surface area contributed by atoms with Crippen molar-refractivity contribution in [2.75, 3.05) is 12.3 Å². The Balaban J connectivity index is 0.000000738. The van der Waals surface area contributed by atoms with Crippen molar-refractivity contribution in [2.24, 2.45) is 12.8 Å². The number of hydrogen-bond acceptors (Lipinski definition) is 8. The van der Waals surface area contributed by atoms with Gasteiger partial charge in [0.25, 0.3) is 5.56 Å². The van der Waals surface area contributed by atoms with Crippen molar-refractivity contribution in [3.05, 3.63) is 67.3 Å². The van der Waals surface area contributed by atoms with Crippen LogP contribution in [0.4, 0.5) is 13.2 Å². The van der Waals surface area contributed by atoms with Crippen LogP contribution in [0.1, 0.15) is 51.5 Å². The highest BCUT2D eigenvalue weighted by Crippen LogP contribution is 2.43. The molecule has 0 bridgehead atoms. The molecule has 1 saturated carbocycles. The molecular formula is C29H37ClF3N5O6S2. The Hall–Kier alpha value is -3.08. The predicted octanol–water partition coefficient (Wildman–Crippen LogP) is 4.52. The fourth-order valence-electron chi connectivity index (χ4n) is 4.94. The number of rotatable bonds is 10. The molecule has 0 saturated heterocycles. The summed E-state index contributed by atoms with van der Waals surface area (Å²) in [6, 6.07) is 6.56. The summed E-state index contributed by atoms with van der Waals surface area (Å²) in [5.74, 6) is -3.31. The van der Waals surface area contributed by atoms with Crippen LogP contribution < -0.4 is 17.0 Å². The van der Waals surface area contributed by atoms with E-state index in [2.05, 4.69) is 0 Å². The van der Waals surface area contributed by atoms with Gasteiger partial charge in [-0.05, 0) is 44.4 Å². The monoisotopic (exact) mass is 707 g/mol. The van der Waals surface area contributed by atoms with E-state index < -0.39 is 33.2 Å². The summed E-state index contributed by atoms with van der Waals surface area (Å²) in [7, 11) is -2.04. The summed E-state index contributed by atoms with van der Waals surface area (Å²) < 4.78 is 61.5. The van der Waals surface area contributed by atoms with Crippen LogP contribution in [-0.4, -0.2) is 61.4 Å². The highest BCUT2D eigenvalue weighted by molar-refractivity contribution is 8.00. The number of aliphatic carboxylic acids is 1. The van der Waals surface area contributed by atoms with Gasteiger partial charge in [-0.15, -0.1) is 0 Å². The SMILES string of the molecule is CC(C)=CCn1c(SC2(CN)CCCCC2)nc2c1c(=O)n(CCS(=O)(=O)Cc1ccc(Cl)cc1)c(=O)n2C.O=C(O)C(F)(F)F. The van der Waals surface area contributed by atoms with Crippen LogP contribution in [0.5, 0.6) is 0 Å². The number of benzene rings is 1. The third-order valence-electron chi connectivity index (χ3n) is 7.49. The molecule has 0 radical (unpaired) electrons. The van der Waals surface area contributed by atoms with Gasteiger partial charge in [-0.3, -0.25) is 13.9 Å². The van der Waals surface area contributed by atoms with Gasteiger partial charge in [0.2, 0.25) is 0 Å². The molecule has 2 aromatic heterocycles. The van der Waals surface area contributed by atoms with Crippen LogP contribution in [0, 0.1) is 0 Å². The quantitative estimate of drug-likeness (QED) is 0.289. The Morgan fingerprint density at radius 1 is 1.13 bits per heavy atom. The minimum atomic E-state index is -5.08. The lowest BCUT2D eigenvalue weighted by Gasteiger charge is -2.35. The van der Waals surface area contributed by atoms with E-state index >= 15 is 0 Å². The van der Waals surface area contributed by atoms with E-state index in [1.165, 1.54) is 11.0 Å². The molecule has 2 heterocycles. The fraction of sp³-hybridized carbons (Fsp3) is 0.517. The Bertz CT molecular complexity index is 1810. The molecule has 1 aliphatic rings. The number of thioether (sulfide) groups is 1. The van der Waals surface area contributed by atoms with Crippen molar-refractivity contribution >= 4 is 50.3 Å². The number of carboxylic acid groups (broad SMARTS) is 1. The molecule has 17 heteroatoms. The lowest BCUT2D eigenvalue weighted by atomic mass is 9.88. The maximum absolute atomic E-state index is 13.8. The summed E-state index contributed by atoms with van der Waals surface area (Å²) >= 11 is 7.50. The van der Waals surface area contributed by atoms with Crippen molar-refractivity contribution in [1.29, 1.82) is 0 Å². The third kappa shape index (κ3) is 9.48. The molecule has 0 amide bonds. The number of nitrogens with two attached hydrogens (primary N) is 1. The van der Waals surface area contributed by atoms with Gasteiger partial charge in [-0.1, -0.05) is 66.4 Å². The van der Waals surface area contributed by atoms with E-state index in [0.717, 1.165) is 35.8 Å². The number of aryl methyl sites for hydroxylation is 1. The van der Waals surface area contributed by atoms with Crippen molar-refractivity contribution in [3.63, 3.8) is 0 Å². The number of imidazole rings is 1. The van der Waals surface area contributed by atoms with E-state index in [1.807, 2.05) is 24.5 Å². The van der Waals surface area contributed by atoms with Crippen molar-refractivity contribution in [2.45, 2.75) is 80.9 Å². The Morgan fingerprint density at radius 2 is 1.72 bits per heavy atom. The van der Waals surface area contributed by atoms with E-state index in [-0.39, 0.29) is 34.0 Å². The first kappa shape index (κ1) is 37.4. The molecule has 1 aromatic carbocycles. The van der Waals surface area contributed by atoms with Crippen LogP contribution in [0.15, 0.2) is 50.7 Å². The zero-order valence-corrected chi connectivity index (χ0v) is 28.0. The van der Waals surface area contributed by atoms with Crippen LogP contribution in [0.3, 0.4) is 0 Å². The van der Waals surface area contributed by atoms with Crippen LogP contribution in [0.2, 0.25) is 5.02 Å². The molecule has 11 nitrogen and oxygen atoms in total. The summed E-state index contributed by atoms with van der Waals surface area (Å²) in [6.45, 7) is 4.62. The van der Waals surface area contributed by atoms with Crippen LogP contribution in [0.25, 0.3) is 11.2 Å². The lowest BCUT2D eigenvalue weighted by Crippen LogP contribution is -2.41. The molecule has 1 aliphatic carbocycles. The smallest absolute Gasteiger partial charge is 0.475 e. The standard InChI is InChI=1S/C27H36ClN5O4S2.C2HF3O2/c1-19(2)11-14-32-22-23(30-25(32)38-27(18-29)12-5-4-6-13-27)31(3)26(35)33(24(22)34)15-16-39(36,37)17-20-7-9-21(28)10-8-20;3-2(4,5)1(6)7/h7-11H,4-6,12-18,29H2,1-3H3;(H,6,7). The topological polar surface area (TPSA) is 159 Å². The second-order valence-electron chi connectivity index (χ2n) is 11.3.